The maximum atomic E-state index is 12.1. The Bertz CT molecular complexity index is 700. The first-order valence-electron chi connectivity index (χ1n) is 6.02. The largest absolute Gasteiger partial charge is 0.479 e. The first-order valence-corrected chi connectivity index (χ1v) is 6.78. The molecule has 0 spiro atoms. The van der Waals surface area contributed by atoms with Crippen LogP contribution < -0.4 is 4.57 Å². The van der Waals surface area contributed by atoms with Crippen LogP contribution in [-0.2, 0) is 11.3 Å². The summed E-state index contributed by atoms with van der Waals surface area (Å²) >= 11 is 11.7. The number of ketones is 1. The predicted molar refractivity (Wildman–Crippen MR) is 75.6 cm³/mol. The Morgan fingerprint density at radius 1 is 1.43 bits per heavy atom. The molecular formula is C13H12Cl2N3O3+. The van der Waals surface area contributed by atoms with Gasteiger partial charge in [-0.1, -0.05) is 23.2 Å². The van der Waals surface area contributed by atoms with Crippen LogP contribution in [0, 0.1) is 0 Å². The molecule has 0 fully saturated rings. The van der Waals surface area contributed by atoms with Crippen molar-refractivity contribution in [2.24, 2.45) is 0 Å². The van der Waals surface area contributed by atoms with Crippen molar-refractivity contribution < 1.29 is 19.3 Å². The molecule has 0 aliphatic heterocycles. The second-order valence-corrected chi connectivity index (χ2v) is 5.30. The number of benzene rings is 1. The summed E-state index contributed by atoms with van der Waals surface area (Å²) in [6.45, 7) is 1.48. The van der Waals surface area contributed by atoms with Gasteiger partial charge in [0.15, 0.2) is 12.6 Å². The minimum Gasteiger partial charge on any atom is -0.479 e. The van der Waals surface area contributed by atoms with E-state index in [0.717, 1.165) is 0 Å². The van der Waals surface area contributed by atoms with E-state index in [-0.39, 0.29) is 17.4 Å². The van der Waals surface area contributed by atoms with Crippen LogP contribution in [0.3, 0.4) is 0 Å². The number of halogens is 2. The van der Waals surface area contributed by atoms with E-state index in [0.29, 0.717) is 10.6 Å². The molecule has 6 nitrogen and oxygen atoms in total. The van der Waals surface area contributed by atoms with Crippen LogP contribution in [0.4, 0.5) is 0 Å². The lowest BCUT2D eigenvalue weighted by atomic mass is 10.1. The third kappa shape index (κ3) is 3.59. The molecule has 0 saturated heterocycles. The van der Waals surface area contributed by atoms with Gasteiger partial charge in [-0.15, -0.1) is 4.68 Å². The molecule has 1 N–H and O–H groups in total. The number of rotatable bonds is 5. The number of carboxylic acids is 1. The van der Waals surface area contributed by atoms with Crippen molar-refractivity contribution in [3.8, 4) is 0 Å². The van der Waals surface area contributed by atoms with Crippen molar-refractivity contribution in [1.29, 1.82) is 0 Å². The van der Waals surface area contributed by atoms with Crippen molar-refractivity contribution in [2.75, 3.05) is 0 Å². The second-order valence-electron chi connectivity index (χ2n) is 4.45. The van der Waals surface area contributed by atoms with E-state index in [1.165, 1.54) is 34.9 Å². The van der Waals surface area contributed by atoms with Gasteiger partial charge < -0.3 is 5.11 Å². The Kier molecular flexibility index (Phi) is 4.59. The number of hydrogen-bond acceptors (Lipinski definition) is 3. The van der Waals surface area contributed by atoms with Crippen LogP contribution in [0.5, 0.6) is 0 Å². The molecule has 0 aliphatic rings. The third-order valence-electron chi connectivity index (χ3n) is 2.94. The highest BCUT2D eigenvalue weighted by Gasteiger charge is 2.21. The third-order valence-corrected chi connectivity index (χ3v) is 3.49. The molecule has 0 bridgehead atoms. The zero-order valence-corrected chi connectivity index (χ0v) is 12.5. The standard InChI is InChI=1S/C13H11Cl2N3O3/c1-8(13(20)21)17-6-16-18(7-17)5-12(19)10-3-2-9(14)4-11(10)15/h2-4,6-8H,5H2,1H3/p+1. The Morgan fingerprint density at radius 2 is 2.14 bits per heavy atom. The summed E-state index contributed by atoms with van der Waals surface area (Å²) in [5.41, 5.74) is 0.342. The minimum absolute atomic E-state index is 0.0410. The van der Waals surface area contributed by atoms with Crippen LogP contribution in [0.15, 0.2) is 30.9 Å². The highest BCUT2D eigenvalue weighted by atomic mass is 35.5. The SMILES string of the molecule is CC(C(=O)O)[n+]1cnn(CC(=O)c2ccc(Cl)cc2Cl)c1. The average Bonchev–Trinajstić information content (AvgIpc) is 2.85. The van der Waals surface area contributed by atoms with Gasteiger partial charge in [-0.05, 0) is 25.1 Å². The zero-order valence-electron chi connectivity index (χ0n) is 11.0. The van der Waals surface area contributed by atoms with Gasteiger partial charge in [-0.3, -0.25) is 4.79 Å². The molecule has 0 radical (unpaired) electrons. The van der Waals surface area contributed by atoms with Crippen molar-refractivity contribution in [2.45, 2.75) is 19.5 Å². The van der Waals surface area contributed by atoms with E-state index in [1.54, 1.807) is 12.1 Å². The van der Waals surface area contributed by atoms with Crippen molar-refractivity contribution >= 4 is 35.0 Å². The van der Waals surface area contributed by atoms with Crippen molar-refractivity contribution in [1.82, 2.24) is 9.78 Å². The molecule has 0 amide bonds. The first kappa shape index (κ1) is 15.5. The van der Waals surface area contributed by atoms with Gasteiger partial charge in [0.25, 0.3) is 6.33 Å². The Hall–Kier alpha value is -1.92. The summed E-state index contributed by atoms with van der Waals surface area (Å²) in [5, 5.41) is 13.6. The molecule has 1 heterocycles. The Labute approximate surface area is 130 Å². The lowest BCUT2D eigenvalue weighted by Gasteiger charge is -2.02. The van der Waals surface area contributed by atoms with Crippen LogP contribution in [0.2, 0.25) is 10.0 Å². The fourth-order valence-corrected chi connectivity index (χ4v) is 2.21. The number of hydrogen-bond donors (Lipinski definition) is 1. The number of carboxylic acid groups (broad SMARTS) is 1. The topological polar surface area (TPSA) is 76.1 Å². The maximum absolute atomic E-state index is 12.1. The normalized spacial score (nSPS) is 12.1. The van der Waals surface area contributed by atoms with Gasteiger partial charge in [-0.25, -0.2) is 9.36 Å². The quantitative estimate of drug-likeness (QED) is 0.672. The first-order chi connectivity index (χ1) is 9.88. The number of carbonyl (C=O) groups excluding carboxylic acids is 1. The van der Waals surface area contributed by atoms with E-state index >= 15 is 0 Å². The fourth-order valence-electron chi connectivity index (χ4n) is 1.70. The lowest BCUT2D eigenvalue weighted by Crippen LogP contribution is -2.40. The Morgan fingerprint density at radius 3 is 2.76 bits per heavy atom. The molecule has 2 aromatic rings. The summed E-state index contributed by atoms with van der Waals surface area (Å²) in [7, 11) is 0. The molecule has 2 rings (SSSR count). The number of nitrogens with zero attached hydrogens (tertiary/aromatic N) is 3. The zero-order chi connectivity index (χ0) is 15.6. The van der Waals surface area contributed by atoms with E-state index in [2.05, 4.69) is 5.10 Å². The van der Waals surface area contributed by atoms with Crippen LogP contribution in [-0.4, -0.2) is 26.6 Å². The number of Topliss-reactive ketones (excluding diaryl/α,β-unsaturated/α-hetero) is 1. The van der Waals surface area contributed by atoms with E-state index < -0.39 is 12.0 Å². The second kappa shape index (κ2) is 6.24. The van der Waals surface area contributed by atoms with E-state index in [4.69, 9.17) is 28.3 Å². The molecule has 1 aromatic carbocycles. The summed E-state index contributed by atoms with van der Waals surface area (Å²) in [6, 6.07) is 3.86. The summed E-state index contributed by atoms with van der Waals surface area (Å²) in [6.07, 6.45) is 2.82. The van der Waals surface area contributed by atoms with Crippen LogP contribution in [0.1, 0.15) is 23.3 Å². The van der Waals surface area contributed by atoms with Crippen molar-refractivity contribution in [3.05, 3.63) is 46.5 Å². The Balaban J connectivity index is 2.15. The molecular weight excluding hydrogens is 317 g/mol. The van der Waals surface area contributed by atoms with Crippen molar-refractivity contribution in [3.63, 3.8) is 0 Å². The molecule has 8 heteroatoms. The monoisotopic (exact) mass is 328 g/mol. The van der Waals surface area contributed by atoms with Gasteiger partial charge in [0.1, 0.15) is 0 Å². The number of carbonyl (C=O) groups is 2. The van der Waals surface area contributed by atoms with Crippen LogP contribution in [0.25, 0.3) is 0 Å². The predicted octanol–water partition coefficient (Wildman–Crippen LogP) is 2.01. The average molecular weight is 329 g/mol. The smallest absolute Gasteiger partial charge is 0.341 e. The van der Waals surface area contributed by atoms with Gasteiger partial charge in [0, 0.05) is 15.7 Å². The van der Waals surface area contributed by atoms with Gasteiger partial charge in [-0.2, -0.15) is 0 Å². The molecule has 21 heavy (non-hydrogen) atoms. The summed E-state index contributed by atoms with van der Waals surface area (Å²) in [4.78, 5) is 23.0. The van der Waals surface area contributed by atoms with Gasteiger partial charge in [0.2, 0.25) is 12.1 Å². The van der Waals surface area contributed by atoms with E-state index in [9.17, 15) is 9.59 Å². The van der Waals surface area contributed by atoms with Gasteiger partial charge in [0.05, 0.1) is 5.02 Å². The minimum atomic E-state index is -0.980. The highest BCUT2D eigenvalue weighted by molar-refractivity contribution is 6.36. The summed E-state index contributed by atoms with van der Waals surface area (Å²) < 4.78 is 2.76. The van der Waals surface area contributed by atoms with Crippen LogP contribution >= 0.6 is 23.2 Å². The molecule has 0 aliphatic carbocycles. The molecule has 0 saturated carbocycles. The number of aliphatic carboxylic acids is 1. The molecule has 1 unspecified atom stereocenters. The fraction of sp³-hybridized carbons (Fsp3) is 0.231. The summed E-state index contributed by atoms with van der Waals surface area (Å²) in [5.74, 6) is -1.22. The van der Waals surface area contributed by atoms with Gasteiger partial charge >= 0.3 is 5.97 Å². The van der Waals surface area contributed by atoms with E-state index in [1.807, 2.05) is 0 Å². The maximum Gasteiger partial charge on any atom is 0.341 e. The number of aromatic nitrogens is 3. The molecule has 1 aromatic heterocycles. The lowest BCUT2D eigenvalue weighted by molar-refractivity contribution is -0.708. The molecule has 1 atom stereocenters. The highest BCUT2D eigenvalue weighted by Crippen LogP contribution is 2.21. The molecule has 110 valence electrons.